The van der Waals surface area contributed by atoms with Crippen LogP contribution >= 0.6 is 0 Å². The first-order chi connectivity index (χ1) is 14.8. The van der Waals surface area contributed by atoms with Gasteiger partial charge >= 0.3 is 0 Å². The van der Waals surface area contributed by atoms with Crippen molar-refractivity contribution in [2.75, 3.05) is 33.3 Å². The third-order valence-corrected chi connectivity index (χ3v) is 6.16. The van der Waals surface area contributed by atoms with E-state index in [2.05, 4.69) is 61.2 Å². The first kappa shape index (κ1) is 20.8. The number of nitrogens with one attached hydrogen (secondary N) is 1. The second-order valence-corrected chi connectivity index (χ2v) is 8.23. The fraction of sp³-hybridized carbons (Fsp3) is 0.609. The summed E-state index contributed by atoms with van der Waals surface area (Å²) in [7, 11) is 1.86. The quantitative estimate of drug-likeness (QED) is 0.466. The predicted octanol–water partition coefficient (Wildman–Crippen LogP) is 2.89. The molecule has 1 fully saturated rings. The van der Waals surface area contributed by atoms with E-state index in [-0.39, 0.29) is 6.10 Å². The smallest absolute Gasteiger partial charge is 0.193 e. The molecule has 0 bridgehead atoms. The van der Waals surface area contributed by atoms with Gasteiger partial charge in [-0.05, 0) is 37.3 Å². The Hall–Kier alpha value is -2.41. The molecular weight excluding hydrogens is 376 g/mol. The molecule has 0 spiro atoms. The number of benzene rings is 1. The van der Waals surface area contributed by atoms with Crippen molar-refractivity contribution in [2.45, 2.75) is 58.1 Å². The number of morpholine rings is 1. The number of hydrogen-bond acceptors (Lipinski definition) is 4. The van der Waals surface area contributed by atoms with E-state index in [1.165, 1.54) is 36.2 Å². The molecule has 1 N–H and O–H groups in total. The molecule has 1 saturated heterocycles. The lowest BCUT2D eigenvalue weighted by atomic mass is 10.0. The number of fused-ring (bicyclic) bond motifs is 1. The van der Waals surface area contributed by atoms with E-state index >= 15 is 0 Å². The molecule has 7 nitrogen and oxygen atoms in total. The number of aryl methyl sites for hydroxylation is 3. The Kier molecular flexibility index (Phi) is 7.00. The Morgan fingerprint density at radius 2 is 2.10 bits per heavy atom. The van der Waals surface area contributed by atoms with E-state index in [1.54, 1.807) is 0 Å². The highest BCUT2D eigenvalue weighted by atomic mass is 16.5. The van der Waals surface area contributed by atoms with Crippen molar-refractivity contribution in [3.05, 3.63) is 47.0 Å². The van der Waals surface area contributed by atoms with Crippen LogP contribution in [0.25, 0.3) is 0 Å². The average Bonchev–Trinajstić information content (AvgIpc) is 3.00. The predicted molar refractivity (Wildman–Crippen MR) is 119 cm³/mol. The molecule has 0 aliphatic carbocycles. The summed E-state index contributed by atoms with van der Waals surface area (Å²) in [5, 5.41) is 12.4. The second-order valence-electron chi connectivity index (χ2n) is 8.23. The van der Waals surface area contributed by atoms with E-state index in [4.69, 9.17) is 4.74 Å². The molecule has 1 atom stereocenters. The molecule has 162 valence electrons. The summed E-state index contributed by atoms with van der Waals surface area (Å²) in [6, 6.07) is 8.48. The Morgan fingerprint density at radius 3 is 2.97 bits per heavy atom. The van der Waals surface area contributed by atoms with Gasteiger partial charge < -0.3 is 19.5 Å². The standard InChI is InChI=1S/C23H34N6O/c1-18-9-5-6-10-19(18)20-17-28(15-16-30-20)23(24-2)25-13-8-12-22-27-26-21-11-4-3-7-14-29(21)22/h5-6,9-10,20H,3-4,7-8,11-17H2,1-2H3,(H,24,25). The summed E-state index contributed by atoms with van der Waals surface area (Å²) in [5.74, 6) is 3.26. The van der Waals surface area contributed by atoms with Crippen LogP contribution < -0.4 is 5.32 Å². The number of hydrogen-bond donors (Lipinski definition) is 1. The minimum Gasteiger partial charge on any atom is -0.370 e. The Bertz CT molecular complexity index is 861. The van der Waals surface area contributed by atoms with Gasteiger partial charge in [-0.1, -0.05) is 30.7 Å². The third kappa shape index (κ3) is 4.83. The summed E-state index contributed by atoms with van der Waals surface area (Å²) in [6.07, 6.45) is 6.89. The van der Waals surface area contributed by atoms with Crippen LogP contribution in [0, 0.1) is 6.92 Å². The maximum absolute atomic E-state index is 6.06. The highest BCUT2D eigenvalue weighted by molar-refractivity contribution is 5.80. The van der Waals surface area contributed by atoms with Crippen LogP contribution in [0.1, 0.15) is 54.6 Å². The molecule has 4 rings (SSSR count). The fourth-order valence-electron chi connectivity index (χ4n) is 4.49. The number of rotatable bonds is 5. The maximum Gasteiger partial charge on any atom is 0.193 e. The molecule has 30 heavy (non-hydrogen) atoms. The largest absolute Gasteiger partial charge is 0.370 e. The van der Waals surface area contributed by atoms with Crippen molar-refractivity contribution in [3.8, 4) is 0 Å². The summed E-state index contributed by atoms with van der Waals surface area (Å²) in [4.78, 5) is 6.83. The zero-order chi connectivity index (χ0) is 20.8. The molecule has 0 radical (unpaired) electrons. The van der Waals surface area contributed by atoms with Gasteiger partial charge in [-0.15, -0.1) is 10.2 Å². The molecule has 7 heteroatoms. The lowest BCUT2D eigenvalue weighted by molar-refractivity contribution is -0.00830. The highest BCUT2D eigenvalue weighted by Crippen LogP contribution is 2.25. The van der Waals surface area contributed by atoms with Crippen molar-refractivity contribution in [1.82, 2.24) is 25.0 Å². The summed E-state index contributed by atoms with van der Waals surface area (Å²) in [5.41, 5.74) is 2.55. The van der Waals surface area contributed by atoms with Crippen LogP contribution in [0.4, 0.5) is 0 Å². The number of aliphatic imine (C=N–C) groups is 1. The van der Waals surface area contributed by atoms with Gasteiger partial charge in [-0.2, -0.15) is 0 Å². The van der Waals surface area contributed by atoms with Crippen LogP contribution in [0.3, 0.4) is 0 Å². The van der Waals surface area contributed by atoms with Crippen molar-refractivity contribution in [2.24, 2.45) is 4.99 Å². The van der Waals surface area contributed by atoms with Gasteiger partial charge in [0.2, 0.25) is 0 Å². The summed E-state index contributed by atoms with van der Waals surface area (Å²) < 4.78 is 8.41. The lowest BCUT2D eigenvalue weighted by Gasteiger charge is -2.35. The molecule has 0 saturated carbocycles. The monoisotopic (exact) mass is 410 g/mol. The number of aromatic nitrogens is 3. The van der Waals surface area contributed by atoms with Gasteiger partial charge in [-0.3, -0.25) is 4.99 Å². The van der Waals surface area contributed by atoms with E-state index < -0.39 is 0 Å². The van der Waals surface area contributed by atoms with Crippen LogP contribution in [0.2, 0.25) is 0 Å². The Morgan fingerprint density at radius 1 is 1.20 bits per heavy atom. The van der Waals surface area contributed by atoms with Gasteiger partial charge in [0.1, 0.15) is 17.8 Å². The molecule has 1 aromatic heterocycles. The van der Waals surface area contributed by atoms with Crippen LogP contribution in [-0.2, 0) is 24.1 Å². The fourth-order valence-corrected chi connectivity index (χ4v) is 4.49. The normalized spacial score (nSPS) is 20.0. The second kappa shape index (κ2) is 10.1. The molecule has 2 aliphatic rings. The number of guanidine groups is 1. The Labute approximate surface area is 179 Å². The Balaban J connectivity index is 1.29. The van der Waals surface area contributed by atoms with Gasteiger partial charge in [0.15, 0.2) is 5.96 Å². The average molecular weight is 411 g/mol. The van der Waals surface area contributed by atoms with Crippen LogP contribution in [0.15, 0.2) is 29.3 Å². The van der Waals surface area contributed by atoms with Crippen LogP contribution in [-0.4, -0.2) is 58.9 Å². The van der Waals surface area contributed by atoms with Crippen molar-refractivity contribution < 1.29 is 4.74 Å². The first-order valence-corrected chi connectivity index (χ1v) is 11.3. The minimum absolute atomic E-state index is 0.0879. The first-order valence-electron chi connectivity index (χ1n) is 11.3. The topological polar surface area (TPSA) is 67.6 Å². The molecular formula is C23H34N6O. The number of ether oxygens (including phenoxy) is 1. The number of nitrogens with zero attached hydrogens (tertiary/aromatic N) is 5. The van der Waals surface area contributed by atoms with Gasteiger partial charge in [-0.25, -0.2) is 0 Å². The zero-order valence-electron chi connectivity index (χ0n) is 18.3. The molecule has 2 aliphatic heterocycles. The van der Waals surface area contributed by atoms with Crippen molar-refractivity contribution in [1.29, 1.82) is 0 Å². The molecule has 1 unspecified atom stereocenters. The van der Waals surface area contributed by atoms with E-state index in [0.717, 1.165) is 57.2 Å². The van der Waals surface area contributed by atoms with Crippen LogP contribution in [0.5, 0.6) is 0 Å². The SMILES string of the molecule is CN=C(NCCCc1nnc2n1CCCCC2)N1CCOC(c2ccccc2C)C1. The molecule has 0 amide bonds. The molecule has 2 aromatic rings. The van der Waals surface area contributed by atoms with Gasteiger partial charge in [0.25, 0.3) is 0 Å². The van der Waals surface area contributed by atoms with E-state index in [9.17, 15) is 0 Å². The third-order valence-electron chi connectivity index (χ3n) is 6.16. The molecule has 3 heterocycles. The summed E-state index contributed by atoms with van der Waals surface area (Å²) >= 11 is 0. The van der Waals surface area contributed by atoms with Crippen molar-refractivity contribution in [3.63, 3.8) is 0 Å². The minimum atomic E-state index is 0.0879. The zero-order valence-corrected chi connectivity index (χ0v) is 18.3. The van der Waals surface area contributed by atoms with Crippen molar-refractivity contribution >= 4 is 5.96 Å². The van der Waals surface area contributed by atoms with Gasteiger partial charge in [0.05, 0.1) is 13.2 Å². The van der Waals surface area contributed by atoms with E-state index in [1.807, 2.05) is 7.05 Å². The lowest BCUT2D eigenvalue weighted by Crippen LogP contribution is -2.48. The summed E-state index contributed by atoms with van der Waals surface area (Å²) in [6.45, 7) is 6.49. The van der Waals surface area contributed by atoms with E-state index in [0.29, 0.717) is 6.61 Å². The molecule has 1 aromatic carbocycles. The van der Waals surface area contributed by atoms with Gasteiger partial charge in [0, 0.05) is 39.5 Å². The maximum atomic E-state index is 6.06. The highest BCUT2D eigenvalue weighted by Gasteiger charge is 2.25.